The Labute approximate surface area is 204 Å². The van der Waals surface area contributed by atoms with E-state index >= 15 is 0 Å². The third-order valence-corrected chi connectivity index (χ3v) is 6.23. The summed E-state index contributed by atoms with van der Waals surface area (Å²) in [4.78, 5) is 17.3. The van der Waals surface area contributed by atoms with Crippen molar-refractivity contribution in [3.05, 3.63) is 83.7 Å². The van der Waals surface area contributed by atoms with E-state index in [4.69, 9.17) is 14.5 Å². The van der Waals surface area contributed by atoms with E-state index in [2.05, 4.69) is 38.2 Å². The number of benzene rings is 3. The van der Waals surface area contributed by atoms with E-state index < -0.39 is 0 Å². The molecule has 0 unspecified atom stereocenters. The molecule has 4 rings (SSSR count). The van der Waals surface area contributed by atoms with Gasteiger partial charge in [-0.25, -0.2) is 4.98 Å². The van der Waals surface area contributed by atoms with Gasteiger partial charge in [-0.05, 0) is 35.7 Å². The topological polar surface area (TPSA) is 60.5 Å². The first kappa shape index (κ1) is 23.5. The normalized spacial score (nSPS) is 11.2. The van der Waals surface area contributed by atoms with Crippen molar-refractivity contribution in [2.24, 2.45) is 0 Å². The predicted octanol–water partition coefficient (Wildman–Crippen LogP) is 6.80. The first-order valence-corrected chi connectivity index (χ1v) is 11.9. The molecule has 0 aliphatic rings. The molecule has 1 aromatic heterocycles. The molecule has 1 heterocycles. The average molecular weight is 473 g/mol. The van der Waals surface area contributed by atoms with Crippen LogP contribution in [0.25, 0.3) is 21.8 Å². The molecule has 174 valence electrons. The second-order valence-corrected chi connectivity index (χ2v) is 9.79. The van der Waals surface area contributed by atoms with Gasteiger partial charge in [0.15, 0.2) is 6.61 Å². The Morgan fingerprint density at radius 1 is 0.971 bits per heavy atom. The van der Waals surface area contributed by atoms with Gasteiger partial charge in [0.05, 0.1) is 12.8 Å². The molecular weight excluding hydrogens is 444 g/mol. The van der Waals surface area contributed by atoms with Crippen molar-refractivity contribution < 1.29 is 14.3 Å². The zero-order valence-corrected chi connectivity index (χ0v) is 20.6. The number of hydrogen-bond donors (Lipinski definition) is 1. The summed E-state index contributed by atoms with van der Waals surface area (Å²) in [6.07, 6.45) is 0. The van der Waals surface area contributed by atoms with Crippen LogP contribution in [0, 0.1) is 0 Å². The molecule has 6 heteroatoms. The molecular formula is C28H28N2O3S. The summed E-state index contributed by atoms with van der Waals surface area (Å²) in [5, 5.41) is 5.93. The summed E-state index contributed by atoms with van der Waals surface area (Å²) in [6, 6.07) is 23.4. The maximum Gasteiger partial charge on any atom is 0.262 e. The van der Waals surface area contributed by atoms with Crippen LogP contribution in [-0.4, -0.2) is 24.6 Å². The van der Waals surface area contributed by atoms with Crippen LogP contribution in [0.4, 0.5) is 5.69 Å². The van der Waals surface area contributed by atoms with Gasteiger partial charge < -0.3 is 14.8 Å². The van der Waals surface area contributed by atoms with E-state index in [1.54, 1.807) is 18.4 Å². The second kappa shape index (κ2) is 10.1. The lowest BCUT2D eigenvalue weighted by molar-refractivity contribution is -0.118. The first-order chi connectivity index (χ1) is 16.3. The molecule has 0 aliphatic carbocycles. The molecule has 4 aromatic rings. The molecule has 0 fully saturated rings. The van der Waals surface area contributed by atoms with Gasteiger partial charge in [0.1, 0.15) is 16.5 Å². The number of carbonyl (C=O) groups is 1. The number of hydrogen-bond acceptors (Lipinski definition) is 5. The van der Waals surface area contributed by atoms with Crippen LogP contribution in [0.15, 0.2) is 78.2 Å². The highest BCUT2D eigenvalue weighted by molar-refractivity contribution is 7.13. The second-order valence-electron chi connectivity index (χ2n) is 8.93. The van der Waals surface area contributed by atoms with Gasteiger partial charge in [-0.15, -0.1) is 11.3 Å². The lowest BCUT2D eigenvalue weighted by Crippen LogP contribution is -2.22. The fourth-order valence-corrected chi connectivity index (χ4v) is 4.37. The predicted molar refractivity (Wildman–Crippen MR) is 139 cm³/mol. The van der Waals surface area contributed by atoms with Crippen LogP contribution in [-0.2, 0) is 10.2 Å². The summed E-state index contributed by atoms with van der Waals surface area (Å²) in [5.74, 6) is 1.22. The smallest absolute Gasteiger partial charge is 0.262 e. The lowest BCUT2D eigenvalue weighted by atomic mass is 9.86. The Morgan fingerprint density at radius 3 is 2.38 bits per heavy atom. The maximum absolute atomic E-state index is 12.5. The minimum atomic E-state index is -0.219. The highest BCUT2D eigenvalue weighted by Crippen LogP contribution is 2.34. The number of thiazole rings is 1. The van der Waals surface area contributed by atoms with Gasteiger partial charge in [-0.3, -0.25) is 4.79 Å². The fraction of sp³-hybridized carbons (Fsp3) is 0.214. The standard InChI is InChI=1S/C28H28N2O3S/c1-28(2,3)23-16-22(32-4)14-15-25(23)33-17-26(31)29-21-12-10-19(11-13-21)24-18-34-27(30-24)20-8-6-5-7-9-20/h5-16,18H,17H2,1-4H3,(H,29,31). The van der Waals surface area contributed by atoms with Crippen LogP contribution in [0.3, 0.4) is 0 Å². The quantitative estimate of drug-likeness (QED) is 0.321. The Morgan fingerprint density at radius 2 is 1.71 bits per heavy atom. The van der Waals surface area contributed by atoms with E-state index in [0.717, 1.165) is 33.1 Å². The van der Waals surface area contributed by atoms with Gasteiger partial charge >= 0.3 is 0 Å². The molecule has 0 atom stereocenters. The number of nitrogens with zero attached hydrogens (tertiary/aromatic N) is 1. The lowest BCUT2D eigenvalue weighted by Gasteiger charge is -2.23. The van der Waals surface area contributed by atoms with Crippen molar-refractivity contribution in [2.75, 3.05) is 19.0 Å². The van der Waals surface area contributed by atoms with Crippen molar-refractivity contribution in [3.63, 3.8) is 0 Å². The van der Waals surface area contributed by atoms with Gasteiger partial charge in [0.25, 0.3) is 5.91 Å². The van der Waals surface area contributed by atoms with Gasteiger partial charge in [-0.2, -0.15) is 0 Å². The molecule has 0 saturated heterocycles. The fourth-order valence-electron chi connectivity index (χ4n) is 3.53. The molecule has 1 amide bonds. The van der Waals surface area contributed by atoms with Crippen LogP contribution in [0.5, 0.6) is 11.5 Å². The molecule has 0 aliphatic heterocycles. The number of methoxy groups -OCH3 is 1. The van der Waals surface area contributed by atoms with Gasteiger partial charge in [0.2, 0.25) is 0 Å². The zero-order valence-electron chi connectivity index (χ0n) is 19.8. The number of ether oxygens (including phenoxy) is 2. The monoisotopic (exact) mass is 472 g/mol. The molecule has 3 aromatic carbocycles. The van der Waals surface area contributed by atoms with Gasteiger partial charge in [0, 0.05) is 27.8 Å². The highest BCUT2D eigenvalue weighted by atomic mass is 32.1. The summed E-state index contributed by atoms with van der Waals surface area (Å²) >= 11 is 1.62. The third-order valence-electron chi connectivity index (χ3n) is 5.34. The Hall–Kier alpha value is -3.64. The van der Waals surface area contributed by atoms with Crippen LogP contribution < -0.4 is 14.8 Å². The van der Waals surface area contributed by atoms with E-state index in [0.29, 0.717) is 11.4 Å². The van der Waals surface area contributed by atoms with E-state index in [1.165, 1.54) is 0 Å². The van der Waals surface area contributed by atoms with Crippen molar-refractivity contribution >= 4 is 22.9 Å². The molecule has 1 N–H and O–H groups in total. The van der Waals surface area contributed by atoms with E-state index in [9.17, 15) is 4.79 Å². The largest absolute Gasteiger partial charge is 0.497 e. The Kier molecular flexibility index (Phi) is 6.98. The molecule has 34 heavy (non-hydrogen) atoms. The summed E-state index contributed by atoms with van der Waals surface area (Å²) in [5.41, 5.74) is 4.57. The number of aromatic nitrogens is 1. The number of rotatable bonds is 7. The first-order valence-electron chi connectivity index (χ1n) is 11.1. The summed E-state index contributed by atoms with van der Waals surface area (Å²) < 4.78 is 11.2. The van der Waals surface area contributed by atoms with Crippen molar-refractivity contribution in [1.82, 2.24) is 4.98 Å². The van der Waals surface area contributed by atoms with Crippen LogP contribution >= 0.6 is 11.3 Å². The minimum absolute atomic E-state index is 0.0797. The van der Waals surface area contributed by atoms with Crippen molar-refractivity contribution in [3.8, 4) is 33.3 Å². The van der Waals surface area contributed by atoms with Crippen LogP contribution in [0.2, 0.25) is 0 Å². The van der Waals surface area contributed by atoms with E-state index in [-0.39, 0.29) is 17.9 Å². The van der Waals surface area contributed by atoms with Gasteiger partial charge in [-0.1, -0.05) is 63.2 Å². The third kappa shape index (κ3) is 5.64. The molecule has 0 saturated carbocycles. The maximum atomic E-state index is 12.5. The number of anilines is 1. The Bertz CT molecular complexity index is 1260. The number of amides is 1. The van der Waals surface area contributed by atoms with Crippen molar-refractivity contribution in [1.29, 1.82) is 0 Å². The molecule has 5 nitrogen and oxygen atoms in total. The molecule has 0 bridgehead atoms. The molecule has 0 radical (unpaired) electrons. The average Bonchev–Trinajstić information content (AvgIpc) is 3.33. The van der Waals surface area contributed by atoms with Crippen molar-refractivity contribution in [2.45, 2.75) is 26.2 Å². The minimum Gasteiger partial charge on any atom is -0.497 e. The number of carbonyl (C=O) groups excluding carboxylic acids is 1. The molecule has 0 spiro atoms. The zero-order chi connectivity index (χ0) is 24.1. The number of nitrogens with one attached hydrogen (secondary N) is 1. The SMILES string of the molecule is COc1ccc(OCC(=O)Nc2ccc(-c3csc(-c4ccccc4)n3)cc2)c(C(C)(C)C)c1. The highest BCUT2D eigenvalue weighted by Gasteiger charge is 2.20. The summed E-state index contributed by atoms with van der Waals surface area (Å²) in [6.45, 7) is 6.22. The van der Waals surface area contributed by atoms with Crippen LogP contribution in [0.1, 0.15) is 26.3 Å². The Balaban J connectivity index is 1.38. The summed E-state index contributed by atoms with van der Waals surface area (Å²) in [7, 11) is 1.64. The van der Waals surface area contributed by atoms with E-state index in [1.807, 2.05) is 66.0 Å².